The Hall–Kier alpha value is -3.15. The van der Waals surface area contributed by atoms with Crippen LogP contribution in [0.4, 0.5) is 0 Å². The number of hydrogen-bond acceptors (Lipinski definition) is 14. The number of phenolic OH excluding ortho intramolecular Hbond substituents is 1. The minimum Gasteiger partial charge on any atom is -0.507 e. The van der Waals surface area contributed by atoms with Gasteiger partial charge in [0, 0.05) is 0 Å². The molecule has 0 spiro atoms. The van der Waals surface area contributed by atoms with Gasteiger partial charge in [-0.05, 0) is 29.8 Å². The molecule has 0 unspecified atom stereocenters. The van der Waals surface area contributed by atoms with E-state index in [1.165, 1.54) is 36.4 Å². The van der Waals surface area contributed by atoms with Crippen molar-refractivity contribution in [1.29, 1.82) is 0 Å². The second-order valence-corrected chi connectivity index (χ2v) is 9.94. The Bertz CT molecular complexity index is 1420. The lowest BCUT2D eigenvalue weighted by molar-refractivity contribution is -0.277. The van der Waals surface area contributed by atoms with E-state index in [9.17, 15) is 50.8 Å². The molecule has 0 bridgehead atoms. The summed E-state index contributed by atoms with van der Waals surface area (Å²) in [5.74, 6) is -0.231. The molecular formula is C27H30O14. The number of fused-ring (bicyclic) bond motifs is 1. The maximum atomic E-state index is 13.4. The summed E-state index contributed by atoms with van der Waals surface area (Å²) in [5.41, 5.74) is -0.289. The average Bonchev–Trinajstić information content (AvgIpc) is 2.97. The van der Waals surface area contributed by atoms with Gasteiger partial charge in [0.15, 0.2) is 0 Å². The molecule has 14 nitrogen and oxygen atoms in total. The van der Waals surface area contributed by atoms with Crippen molar-refractivity contribution in [3.63, 3.8) is 0 Å². The van der Waals surface area contributed by atoms with Gasteiger partial charge in [0.05, 0.1) is 29.7 Å². The Morgan fingerprint density at radius 1 is 0.732 bits per heavy atom. The fourth-order valence-corrected chi connectivity index (χ4v) is 5.04. The van der Waals surface area contributed by atoms with Crippen LogP contribution in [0.25, 0.3) is 22.1 Å². The van der Waals surface area contributed by atoms with Crippen LogP contribution < -0.4 is 10.2 Å². The quantitative estimate of drug-likeness (QED) is 0.152. The summed E-state index contributed by atoms with van der Waals surface area (Å²) < 4.78 is 22.2. The first-order valence-corrected chi connectivity index (χ1v) is 12.7. The Kier molecular flexibility index (Phi) is 8.31. The van der Waals surface area contributed by atoms with Crippen LogP contribution in [0, 0.1) is 0 Å². The van der Waals surface area contributed by atoms with Crippen LogP contribution in [-0.2, 0) is 9.47 Å². The van der Waals surface area contributed by atoms with Crippen molar-refractivity contribution in [2.45, 2.75) is 61.2 Å². The number of phenols is 1. The van der Waals surface area contributed by atoms with Crippen molar-refractivity contribution < 1.29 is 64.6 Å². The third-order valence-electron chi connectivity index (χ3n) is 7.40. The van der Waals surface area contributed by atoms with Crippen molar-refractivity contribution in [2.24, 2.45) is 0 Å². The third kappa shape index (κ3) is 5.19. The molecule has 14 heteroatoms. The van der Waals surface area contributed by atoms with Gasteiger partial charge in [-0.25, -0.2) is 0 Å². The van der Waals surface area contributed by atoms with Crippen molar-refractivity contribution in [1.82, 2.24) is 0 Å². The lowest BCUT2D eigenvalue weighted by Gasteiger charge is -2.40. The summed E-state index contributed by atoms with van der Waals surface area (Å²) in [6.45, 7) is -1.30. The van der Waals surface area contributed by atoms with Crippen LogP contribution in [-0.4, -0.2) is 114 Å². The van der Waals surface area contributed by atoms with Crippen molar-refractivity contribution in [3.8, 4) is 22.6 Å². The molecule has 5 rings (SSSR count). The van der Waals surface area contributed by atoms with Gasteiger partial charge in [0.2, 0.25) is 11.7 Å². The van der Waals surface area contributed by atoms with E-state index in [0.29, 0.717) is 5.56 Å². The zero-order valence-electron chi connectivity index (χ0n) is 21.3. The van der Waals surface area contributed by atoms with Crippen LogP contribution in [0.1, 0.15) is 11.7 Å². The Morgan fingerprint density at radius 2 is 1.34 bits per heavy atom. The number of rotatable bonds is 6. The van der Waals surface area contributed by atoms with Gasteiger partial charge in [-0.1, -0.05) is 12.1 Å². The van der Waals surface area contributed by atoms with Crippen LogP contribution >= 0.6 is 0 Å². The molecule has 41 heavy (non-hydrogen) atoms. The Labute approximate surface area is 231 Å². The lowest BCUT2D eigenvalue weighted by atomic mass is 9.89. The minimum absolute atomic E-state index is 0.00825. The summed E-state index contributed by atoms with van der Waals surface area (Å²) >= 11 is 0. The van der Waals surface area contributed by atoms with Crippen molar-refractivity contribution >= 4 is 11.0 Å². The molecule has 1 aromatic heterocycles. The van der Waals surface area contributed by atoms with Gasteiger partial charge in [-0.3, -0.25) is 4.79 Å². The largest absolute Gasteiger partial charge is 0.507 e. The minimum atomic E-state index is -1.72. The molecule has 0 saturated carbocycles. The topological polar surface area (TPSA) is 240 Å². The molecule has 222 valence electrons. The molecule has 3 heterocycles. The number of benzene rings is 2. The van der Waals surface area contributed by atoms with Crippen molar-refractivity contribution in [2.75, 3.05) is 13.2 Å². The Morgan fingerprint density at radius 3 is 1.98 bits per heavy atom. The van der Waals surface area contributed by atoms with Crippen LogP contribution in [0.3, 0.4) is 0 Å². The Balaban J connectivity index is 1.43. The van der Waals surface area contributed by atoms with Crippen LogP contribution in [0.2, 0.25) is 0 Å². The third-order valence-corrected chi connectivity index (χ3v) is 7.40. The van der Waals surface area contributed by atoms with Gasteiger partial charge in [-0.15, -0.1) is 0 Å². The molecular weight excluding hydrogens is 548 g/mol. The standard InChI is InChI=1S/C27H30O14/c28-7-15-19(32)21(34)23(36)26(40-15)17-14(30)6-5-12-18(31)13(9-38-25(12)17)10-1-3-11(4-2-10)39-27-24(37)22(35)20(33)16(8-29)41-27/h1-6,9,15-16,19-24,26-30,32-37H,7-8H2/t15-,16-,19-,20-,21+,22+,23-,24-,26-,27+/m1/s1. The molecule has 0 aliphatic carbocycles. The van der Waals surface area contributed by atoms with Crippen LogP contribution in [0.15, 0.2) is 51.9 Å². The van der Waals surface area contributed by atoms with E-state index in [-0.39, 0.29) is 27.8 Å². The fraction of sp³-hybridized carbons (Fsp3) is 0.444. The number of aromatic hydroxyl groups is 1. The summed E-state index contributed by atoms with van der Waals surface area (Å²) in [5, 5.41) is 90.3. The zero-order valence-corrected chi connectivity index (χ0v) is 21.3. The van der Waals surface area contributed by atoms with E-state index >= 15 is 0 Å². The molecule has 0 amide bonds. The summed E-state index contributed by atoms with van der Waals surface area (Å²) in [6.07, 6.45) is -13.9. The highest BCUT2D eigenvalue weighted by atomic mass is 16.7. The first-order valence-electron chi connectivity index (χ1n) is 12.7. The molecule has 0 radical (unpaired) electrons. The van der Waals surface area contributed by atoms with E-state index in [4.69, 9.17) is 18.6 Å². The number of aliphatic hydroxyl groups excluding tert-OH is 8. The summed E-state index contributed by atoms with van der Waals surface area (Å²) in [6, 6.07) is 8.43. The van der Waals surface area contributed by atoms with E-state index < -0.39 is 85.6 Å². The highest BCUT2D eigenvalue weighted by Crippen LogP contribution is 2.40. The summed E-state index contributed by atoms with van der Waals surface area (Å²) in [7, 11) is 0. The molecule has 2 aromatic carbocycles. The zero-order chi connectivity index (χ0) is 29.6. The second kappa shape index (κ2) is 11.6. The smallest absolute Gasteiger partial charge is 0.229 e. The fourth-order valence-electron chi connectivity index (χ4n) is 5.04. The molecule has 2 aliphatic heterocycles. The maximum absolute atomic E-state index is 13.4. The summed E-state index contributed by atoms with van der Waals surface area (Å²) in [4.78, 5) is 13.4. The highest BCUT2D eigenvalue weighted by molar-refractivity contribution is 5.86. The molecule has 3 aromatic rings. The molecule has 2 fully saturated rings. The van der Waals surface area contributed by atoms with E-state index in [1.807, 2.05) is 0 Å². The van der Waals surface area contributed by atoms with Gasteiger partial charge >= 0.3 is 0 Å². The first-order chi connectivity index (χ1) is 19.6. The maximum Gasteiger partial charge on any atom is 0.229 e. The van der Waals surface area contributed by atoms with Crippen LogP contribution in [0.5, 0.6) is 11.5 Å². The molecule has 2 saturated heterocycles. The molecule has 10 atom stereocenters. The van der Waals surface area contributed by atoms with E-state index in [0.717, 1.165) is 6.26 Å². The molecule has 2 aliphatic rings. The van der Waals surface area contributed by atoms with Crippen molar-refractivity contribution in [3.05, 3.63) is 58.4 Å². The van der Waals surface area contributed by atoms with E-state index in [1.54, 1.807) is 0 Å². The number of ether oxygens (including phenoxy) is 3. The lowest BCUT2D eigenvalue weighted by Crippen LogP contribution is -2.60. The average molecular weight is 579 g/mol. The predicted molar refractivity (Wildman–Crippen MR) is 137 cm³/mol. The van der Waals surface area contributed by atoms with Gasteiger partial charge < -0.3 is 64.6 Å². The molecule has 9 N–H and O–H groups in total. The number of aliphatic hydroxyl groups is 8. The second-order valence-electron chi connectivity index (χ2n) is 9.94. The van der Waals surface area contributed by atoms with Gasteiger partial charge in [0.25, 0.3) is 0 Å². The number of hydrogen-bond donors (Lipinski definition) is 9. The SMILES string of the molecule is O=c1c(-c2ccc(O[C@H]3O[C@H](CO)[C@@H](O)[C@H](O)[C@H]3O)cc2)coc2c([C@H]3O[C@H](CO)[C@@H](O)[C@H](O)[C@H]3O)c(O)ccc12. The predicted octanol–water partition coefficient (Wildman–Crippen LogP) is -2.14. The first kappa shape index (κ1) is 29.3. The highest BCUT2D eigenvalue weighted by Gasteiger charge is 2.46. The van der Waals surface area contributed by atoms with Gasteiger partial charge in [-0.2, -0.15) is 0 Å². The monoisotopic (exact) mass is 578 g/mol. The van der Waals surface area contributed by atoms with E-state index in [2.05, 4.69) is 0 Å². The normalized spacial score (nSPS) is 34.0. The van der Waals surface area contributed by atoms with Gasteiger partial charge in [0.1, 0.15) is 78.3 Å².